The topological polar surface area (TPSA) is 79.8 Å². The summed E-state index contributed by atoms with van der Waals surface area (Å²) in [4.78, 5) is 6.29. The average Bonchev–Trinajstić information content (AvgIpc) is 3.03. The Bertz CT molecular complexity index is 672. The van der Waals surface area contributed by atoms with Gasteiger partial charge in [-0.15, -0.1) is 10.2 Å². The molecule has 7 nitrogen and oxygen atoms in total. The summed E-state index contributed by atoms with van der Waals surface area (Å²) in [6, 6.07) is 2.14. The maximum Gasteiger partial charge on any atom is 0.435 e. The molecule has 0 radical (unpaired) electrons. The van der Waals surface area contributed by atoms with Crippen LogP contribution in [0.1, 0.15) is 42.6 Å². The van der Waals surface area contributed by atoms with Crippen molar-refractivity contribution in [3.05, 3.63) is 29.5 Å². The Balaban J connectivity index is 1.83. The Morgan fingerprint density at radius 3 is 2.79 bits per heavy atom. The van der Waals surface area contributed by atoms with Crippen molar-refractivity contribution in [1.29, 1.82) is 0 Å². The van der Waals surface area contributed by atoms with Crippen LogP contribution in [0.4, 0.5) is 19.0 Å². The molecule has 1 atom stereocenters. The van der Waals surface area contributed by atoms with E-state index >= 15 is 0 Å². The average molecular weight is 342 g/mol. The third-order valence-corrected chi connectivity index (χ3v) is 3.87. The van der Waals surface area contributed by atoms with Crippen molar-refractivity contribution < 1.29 is 17.9 Å². The molecule has 2 aromatic rings. The molecule has 0 aliphatic carbocycles. The summed E-state index contributed by atoms with van der Waals surface area (Å²) in [6.45, 7) is 0.985. The molecule has 24 heavy (non-hydrogen) atoms. The Kier molecular flexibility index (Phi) is 4.65. The van der Waals surface area contributed by atoms with Crippen LogP contribution >= 0.6 is 0 Å². The highest BCUT2D eigenvalue weighted by Gasteiger charge is 2.34. The number of ether oxygens (including phenoxy) is 1. The fraction of sp³-hybridized carbons (Fsp3) is 0.571. The monoisotopic (exact) mass is 342 g/mol. The number of hydrogen-bond donors (Lipinski definition) is 1. The van der Waals surface area contributed by atoms with Gasteiger partial charge < -0.3 is 9.64 Å². The third kappa shape index (κ3) is 3.48. The quantitative estimate of drug-likeness (QED) is 0.920. The second-order valence-corrected chi connectivity index (χ2v) is 5.55. The van der Waals surface area contributed by atoms with Gasteiger partial charge in [-0.05, 0) is 31.4 Å². The van der Waals surface area contributed by atoms with E-state index in [1.54, 1.807) is 7.11 Å². The number of aromatic nitrogens is 5. The predicted molar refractivity (Wildman–Crippen MR) is 78.1 cm³/mol. The number of nitrogens with one attached hydrogen (secondary N) is 1. The molecule has 1 aliphatic rings. The minimum Gasteiger partial charge on any atom is -0.377 e. The van der Waals surface area contributed by atoms with Crippen LogP contribution in [-0.2, 0) is 17.5 Å². The zero-order valence-corrected chi connectivity index (χ0v) is 13.0. The van der Waals surface area contributed by atoms with Gasteiger partial charge in [-0.2, -0.15) is 18.3 Å². The van der Waals surface area contributed by atoms with Crippen molar-refractivity contribution in [1.82, 2.24) is 25.4 Å². The van der Waals surface area contributed by atoms with Gasteiger partial charge in [0.2, 0.25) is 0 Å². The van der Waals surface area contributed by atoms with Gasteiger partial charge >= 0.3 is 6.18 Å². The summed E-state index contributed by atoms with van der Waals surface area (Å²) in [6.07, 6.45) is -1.78. The molecule has 1 N–H and O–H groups in total. The van der Waals surface area contributed by atoms with E-state index in [-0.39, 0.29) is 6.04 Å². The van der Waals surface area contributed by atoms with E-state index in [1.807, 2.05) is 4.90 Å². The molecule has 0 amide bonds. The summed E-state index contributed by atoms with van der Waals surface area (Å²) in [5.74, 6) is 1.59. The smallest absolute Gasteiger partial charge is 0.377 e. The van der Waals surface area contributed by atoms with Crippen LogP contribution in [0.25, 0.3) is 0 Å². The summed E-state index contributed by atoms with van der Waals surface area (Å²) < 4.78 is 42.9. The molecular weight excluding hydrogens is 325 g/mol. The standard InChI is InChI=1S/C14H17F3N6O/c1-24-8-11-18-13(22-20-11)9-4-2-3-7-23(9)12-6-5-10(19-21-12)14(15,16)17/h5-6,9H,2-4,7-8H2,1H3,(H,18,20,22)/t9-/m1/s1. The van der Waals surface area contributed by atoms with Crippen molar-refractivity contribution in [3.63, 3.8) is 0 Å². The molecule has 3 heterocycles. The van der Waals surface area contributed by atoms with Crippen molar-refractivity contribution in [2.45, 2.75) is 38.1 Å². The number of methoxy groups -OCH3 is 1. The normalized spacial score (nSPS) is 18.8. The first-order chi connectivity index (χ1) is 11.5. The Labute approximate surface area is 136 Å². The van der Waals surface area contributed by atoms with Gasteiger partial charge in [0.25, 0.3) is 0 Å². The molecule has 10 heteroatoms. The highest BCUT2D eigenvalue weighted by Crippen LogP contribution is 2.33. The number of alkyl halides is 3. The van der Waals surface area contributed by atoms with E-state index in [2.05, 4.69) is 25.4 Å². The maximum atomic E-state index is 12.6. The van der Waals surface area contributed by atoms with E-state index < -0.39 is 11.9 Å². The number of hydrogen-bond acceptors (Lipinski definition) is 6. The van der Waals surface area contributed by atoms with Crippen LogP contribution < -0.4 is 4.90 Å². The number of nitrogens with zero attached hydrogens (tertiary/aromatic N) is 5. The third-order valence-electron chi connectivity index (χ3n) is 3.87. The molecule has 0 aromatic carbocycles. The van der Waals surface area contributed by atoms with Gasteiger partial charge in [0.15, 0.2) is 23.2 Å². The summed E-state index contributed by atoms with van der Waals surface area (Å²) >= 11 is 0. The second-order valence-electron chi connectivity index (χ2n) is 5.55. The Hall–Kier alpha value is -2.23. The minimum absolute atomic E-state index is 0.147. The molecule has 0 spiro atoms. The highest BCUT2D eigenvalue weighted by molar-refractivity contribution is 5.40. The molecule has 3 rings (SSSR count). The zero-order valence-electron chi connectivity index (χ0n) is 13.0. The van der Waals surface area contributed by atoms with Crippen LogP contribution in [0, 0.1) is 0 Å². The predicted octanol–water partition coefficient (Wildman–Crippen LogP) is 2.49. The lowest BCUT2D eigenvalue weighted by atomic mass is 10.0. The van der Waals surface area contributed by atoms with Gasteiger partial charge in [0.05, 0.1) is 6.04 Å². The van der Waals surface area contributed by atoms with Gasteiger partial charge in [-0.3, -0.25) is 5.10 Å². The number of halogens is 3. The SMILES string of the molecule is COCc1nc([C@H]2CCCCN2c2ccc(C(F)(F)F)nn2)n[nH]1. The first kappa shape index (κ1) is 16.6. The van der Waals surface area contributed by atoms with Crippen molar-refractivity contribution in [2.24, 2.45) is 0 Å². The van der Waals surface area contributed by atoms with E-state index in [4.69, 9.17) is 4.74 Å². The van der Waals surface area contributed by atoms with Gasteiger partial charge in [-0.25, -0.2) is 4.98 Å². The first-order valence-corrected chi connectivity index (χ1v) is 7.56. The fourth-order valence-electron chi connectivity index (χ4n) is 2.76. The van der Waals surface area contributed by atoms with Gasteiger partial charge in [-0.1, -0.05) is 0 Å². The number of rotatable bonds is 4. The van der Waals surface area contributed by atoms with Gasteiger partial charge in [0, 0.05) is 13.7 Å². The summed E-state index contributed by atoms with van der Waals surface area (Å²) in [7, 11) is 1.56. The van der Waals surface area contributed by atoms with E-state index in [1.165, 1.54) is 6.07 Å². The molecule has 1 aliphatic heterocycles. The lowest BCUT2D eigenvalue weighted by molar-refractivity contribution is -0.141. The Morgan fingerprint density at radius 1 is 1.29 bits per heavy atom. The summed E-state index contributed by atoms with van der Waals surface area (Å²) in [5, 5.41) is 14.1. The molecule has 130 valence electrons. The largest absolute Gasteiger partial charge is 0.435 e. The van der Waals surface area contributed by atoms with Crippen LogP contribution in [0.3, 0.4) is 0 Å². The maximum absolute atomic E-state index is 12.6. The molecular formula is C14H17F3N6O. The van der Waals surface area contributed by atoms with E-state index in [0.29, 0.717) is 30.6 Å². The van der Waals surface area contributed by atoms with Crippen LogP contribution in [0.15, 0.2) is 12.1 Å². The van der Waals surface area contributed by atoms with Crippen molar-refractivity contribution in [2.75, 3.05) is 18.6 Å². The molecule has 0 saturated carbocycles. The van der Waals surface area contributed by atoms with E-state index in [9.17, 15) is 13.2 Å². The van der Waals surface area contributed by atoms with Crippen molar-refractivity contribution >= 4 is 5.82 Å². The van der Waals surface area contributed by atoms with Crippen LogP contribution in [0.2, 0.25) is 0 Å². The van der Waals surface area contributed by atoms with Crippen molar-refractivity contribution in [3.8, 4) is 0 Å². The molecule has 1 saturated heterocycles. The first-order valence-electron chi connectivity index (χ1n) is 7.56. The van der Waals surface area contributed by atoms with Crippen LogP contribution in [0.5, 0.6) is 0 Å². The second kappa shape index (κ2) is 6.71. The number of piperidine rings is 1. The lowest BCUT2D eigenvalue weighted by Crippen LogP contribution is -2.35. The van der Waals surface area contributed by atoms with Crippen LogP contribution in [-0.4, -0.2) is 39.0 Å². The van der Waals surface area contributed by atoms with E-state index in [0.717, 1.165) is 25.3 Å². The molecule has 0 bridgehead atoms. The number of anilines is 1. The fourth-order valence-corrected chi connectivity index (χ4v) is 2.76. The molecule has 2 aromatic heterocycles. The Morgan fingerprint density at radius 2 is 2.12 bits per heavy atom. The molecule has 1 fully saturated rings. The zero-order chi connectivity index (χ0) is 17.2. The number of H-pyrrole nitrogens is 1. The molecule has 0 unspecified atom stereocenters. The lowest BCUT2D eigenvalue weighted by Gasteiger charge is -2.34. The highest BCUT2D eigenvalue weighted by atomic mass is 19.4. The van der Waals surface area contributed by atoms with Gasteiger partial charge in [0.1, 0.15) is 6.61 Å². The number of aromatic amines is 1. The minimum atomic E-state index is -4.49. The summed E-state index contributed by atoms with van der Waals surface area (Å²) in [5.41, 5.74) is -1.000.